The Labute approximate surface area is 185 Å². The molecule has 1 amide bonds. The summed E-state index contributed by atoms with van der Waals surface area (Å²) in [4.78, 5) is 38.8. The molecule has 0 spiro atoms. The highest BCUT2D eigenvalue weighted by molar-refractivity contribution is 7.98. The van der Waals surface area contributed by atoms with E-state index in [0.717, 1.165) is 18.2 Å². The number of rotatable bonds is 6. The van der Waals surface area contributed by atoms with Crippen molar-refractivity contribution in [2.45, 2.75) is 24.9 Å². The molecule has 0 saturated heterocycles. The van der Waals surface area contributed by atoms with Gasteiger partial charge in [0.2, 0.25) is 5.91 Å². The van der Waals surface area contributed by atoms with Crippen molar-refractivity contribution in [3.63, 3.8) is 0 Å². The maximum absolute atomic E-state index is 14.0. The molecule has 0 aliphatic carbocycles. The van der Waals surface area contributed by atoms with Gasteiger partial charge in [-0.1, -0.05) is 11.8 Å². The predicted molar refractivity (Wildman–Crippen MR) is 120 cm³/mol. The van der Waals surface area contributed by atoms with Crippen LogP contribution in [0.5, 0.6) is 0 Å². The van der Waals surface area contributed by atoms with Crippen molar-refractivity contribution in [3.8, 4) is 11.4 Å². The molecule has 2 heterocycles. The molecule has 0 aliphatic heterocycles. The van der Waals surface area contributed by atoms with Crippen LogP contribution in [0, 0.1) is 18.6 Å². The molecule has 4 aromatic rings. The number of halogens is 2. The van der Waals surface area contributed by atoms with E-state index in [1.54, 1.807) is 25.1 Å². The van der Waals surface area contributed by atoms with Crippen LogP contribution in [0.2, 0.25) is 0 Å². The highest BCUT2D eigenvalue weighted by atomic mass is 32.2. The van der Waals surface area contributed by atoms with E-state index in [1.165, 1.54) is 11.8 Å². The van der Waals surface area contributed by atoms with E-state index in [4.69, 9.17) is 0 Å². The number of aryl methyl sites for hydroxylation is 1. The Hall–Kier alpha value is -3.53. The Balaban J connectivity index is 1.48. The highest BCUT2D eigenvalue weighted by Crippen LogP contribution is 2.25. The summed E-state index contributed by atoms with van der Waals surface area (Å²) in [5, 5.41) is 3.31. The van der Waals surface area contributed by atoms with Gasteiger partial charge in [0.15, 0.2) is 5.16 Å². The second kappa shape index (κ2) is 8.91. The molecule has 0 unspecified atom stereocenters. The fraction of sp³-hybridized carbons (Fsp3) is 0.182. The third kappa shape index (κ3) is 4.54. The molecule has 0 saturated carbocycles. The van der Waals surface area contributed by atoms with Gasteiger partial charge in [0.05, 0.1) is 16.6 Å². The van der Waals surface area contributed by atoms with Crippen LogP contribution in [-0.4, -0.2) is 32.1 Å². The van der Waals surface area contributed by atoms with Crippen molar-refractivity contribution < 1.29 is 13.6 Å². The lowest BCUT2D eigenvalue weighted by molar-refractivity contribution is -0.116. The van der Waals surface area contributed by atoms with E-state index in [2.05, 4.69) is 25.3 Å². The van der Waals surface area contributed by atoms with E-state index in [9.17, 15) is 18.4 Å². The van der Waals surface area contributed by atoms with E-state index in [1.807, 2.05) is 6.26 Å². The first-order chi connectivity index (χ1) is 15.3. The summed E-state index contributed by atoms with van der Waals surface area (Å²) in [6.45, 7) is 1.74. The van der Waals surface area contributed by atoms with Gasteiger partial charge in [-0.25, -0.2) is 18.7 Å². The van der Waals surface area contributed by atoms with E-state index in [-0.39, 0.29) is 35.7 Å². The molecule has 0 atom stereocenters. The van der Waals surface area contributed by atoms with Crippen molar-refractivity contribution >= 4 is 34.4 Å². The molecular weight excluding hydrogens is 436 g/mol. The SMILES string of the molecule is CSc1nc(C)c(CCC(=O)Nc2ccc3nc(-c4cc(F)ccc4F)[nH]c3c2)c(=O)[nH]1. The van der Waals surface area contributed by atoms with Crippen molar-refractivity contribution in [1.29, 1.82) is 0 Å². The lowest BCUT2D eigenvalue weighted by atomic mass is 10.1. The molecule has 0 bridgehead atoms. The lowest BCUT2D eigenvalue weighted by Gasteiger charge is -2.07. The first-order valence-corrected chi connectivity index (χ1v) is 11.0. The van der Waals surface area contributed by atoms with Crippen molar-refractivity contribution in [3.05, 3.63) is 69.6 Å². The monoisotopic (exact) mass is 455 g/mol. The number of imidazole rings is 1. The molecule has 0 fully saturated rings. The minimum absolute atomic E-state index is 0.0217. The van der Waals surface area contributed by atoms with Crippen LogP contribution in [0.1, 0.15) is 17.7 Å². The molecule has 0 aliphatic rings. The molecule has 2 aromatic heterocycles. The summed E-state index contributed by atoms with van der Waals surface area (Å²) >= 11 is 1.34. The maximum Gasteiger partial charge on any atom is 0.254 e. The summed E-state index contributed by atoms with van der Waals surface area (Å²) < 4.78 is 27.5. The summed E-state index contributed by atoms with van der Waals surface area (Å²) in [6, 6.07) is 8.15. The van der Waals surface area contributed by atoms with Crippen LogP contribution in [0.4, 0.5) is 14.5 Å². The highest BCUT2D eigenvalue weighted by Gasteiger charge is 2.13. The largest absolute Gasteiger partial charge is 0.338 e. The lowest BCUT2D eigenvalue weighted by Crippen LogP contribution is -2.20. The van der Waals surface area contributed by atoms with Gasteiger partial charge in [-0.15, -0.1) is 0 Å². The van der Waals surface area contributed by atoms with Gasteiger partial charge in [0, 0.05) is 23.4 Å². The third-order valence-corrected chi connectivity index (χ3v) is 5.53. The number of benzene rings is 2. The van der Waals surface area contributed by atoms with Gasteiger partial charge in [0.25, 0.3) is 5.56 Å². The molecule has 4 rings (SSSR count). The second-order valence-corrected chi connectivity index (χ2v) is 7.92. The number of amides is 1. The second-order valence-electron chi connectivity index (χ2n) is 7.13. The fourth-order valence-electron chi connectivity index (χ4n) is 3.33. The minimum Gasteiger partial charge on any atom is -0.338 e. The number of hydrogen-bond acceptors (Lipinski definition) is 5. The van der Waals surface area contributed by atoms with E-state index in [0.29, 0.717) is 33.1 Å². The maximum atomic E-state index is 14.0. The van der Waals surface area contributed by atoms with Crippen molar-refractivity contribution in [1.82, 2.24) is 19.9 Å². The Morgan fingerprint density at radius 3 is 2.69 bits per heavy atom. The zero-order valence-corrected chi connectivity index (χ0v) is 18.1. The molecule has 10 heteroatoms. The number of aromatic amines is 2. The smallest absolute Gasteiger partial charge is 0.254 e. The molecule has 2 aromatic carbocycles. The zero-order chi connectivity index (χ0) is 22.8. The fourth-order valence-corrected chi connectivity index (χ4v) is 3.75. The molecular formula is C22H19F2N5O2S. The Bertz CT molecular complexity index is 1380. The number of carbonyl (C=O) groups is 1. The number of aromatic nitrogens is 4. The van der Waals surface area contributed by atoms with Crippen molar-refractivity contribution in [2.24, 2.45) is 0 Å². The van der Waals surface area contributed by atoms with Gasteiger partial charge in [-0.3, -0.25) is 9.59 Å². The van der Waals surface area contributed by atoms with Gasteiger partial charge in [0.1, 0.15) is 17.5 Å². The van der Waals surface area contributed by atoms with Crippen LogP contribution < -0.4 is 10.9 Å². The molecule has 7 nitrogen and oxygen atoms in total. The van der Waals surface area contributed by atoms with Crippen LogP contribution in [0.25, 0.3) is 22.4 Å². The number of anilines is 1. The standard InChI is InChI=1S/C22H19F2N5O2S/c1-11-14(21(31)29-22(25-11)32-2)5-8-19(30)26-13-4-7-17-18(10-13)28-20(27-17)15-9-12(23)3-6-16(15)24/h3-4,6-7,9-10H,5,8H2,1-2H3,(H,26,30)(H,27,28)(H,25,29,31). The first-order valence-electron chi connectivity index (χ1n) is 9.73. The van der Waals surface area contributed by atoms with E-state index >= 15 is 0 Å². The number of nitrogens with one attached hydrogen (secondary N) is 3. The normalized spacial score (nSPS) is 11.1. The number of thioether (sulfide) groups is 1. The Kier molecular flexibility index (Phi) is 6.04. The zero-order valence-electron chi connectivity index (χ0n) is 17.3. The average molecular weight is 455 g/mol. The number of nitrogens with zero attached hydrogens (tertiary/aromatic N) is 2. The summed E-state index contributed by atoms with van der Waals surface area (Å²) in [6.07, 6.45) is 2.17. The molecule has 32 heavy (non-hydrogen) atoms. The van der Waals surface area contributed by atoms with Gasteiger partial charge in [-0.05, 0) is 56.0 Å². The topological polar surface area (TPSA) is 104 Å². The number of carbonyl (C=O) groups excluding carboxylic acids is 1. The van der Waals surface area contributed by atoms with Crippen LogP contribution in [0.3, 0.4) is 0 Å². The Morgan fingerprint density at radius 1 is 1.12 bits per heavy atom. The first kappa shape index (κ1) is 21.7. The summed E-state index contributed by atoms with van der Waals surface area (Å²) in [5.74, 6) is -1.24. The summed E-state index contributed by atoms with van der Waals surface area (Å²) in [5.41, 5.74) is 2.47. The third-order valence-electron chi connectivity index (χ3n) is 4.95. The predicted octanol–water partition coefficient (Wildman–Crippen LogP) is 4.19. The van der Waals surface area contributed by atoms with Crippen molar-refractivity contribution in [2.75, 3.05) is 11.6 Å². The quantitative estimate of drug-likeness (QED) is 0.299. The van der Waals surface area contributed by atoms with E-state index < -0.39 is 11.6 Å². The van der Waals surface area contributed by atoms with Crippen LogP contribution in [0.15, 0.2) is 46.3 Å². The van der Waals surface area contributed by atoms with Gasteiger partial charge in [-0.2, -0.15) is 0 Å². The summed E-state index contributed by atoms with van der Waals surface area (Å²) in [7, 11) is 0. The minimum atomic E-state index is -0.593. The Morgan fingerprint density at radius 2 is 1.94 bits per heavy atom. The number of hydrogen-bond donors (Lipinski definition) is 3. The molecule has 3 N–H and O–H groups in total. The molecule has 164 valence electrons. The van der Waals surface area contributed by atoms with Gasteiger partial charge < -0.3 is 15.3 Å². The number of fused-ring (bicyclic) bond motifs is 1. The van der Waals surface area contributed by atoms with Crippen LogP contribution in [-0.2, 0) is 11.2 Å². The van der Waals surface area contributed by atoms with Gasteiger partial charge >= 0.3 is 0 Å². The number of H-pyrrole nitrogens is 2. The van der Waals surface area contributed by atoms with Crippen LogP contribution >= 0.6 is 11.8 Å². The molecule has 0 radical (unpaired) electrons. The average Bonchev–Trinajstić information content (AvgIpc) is 3.17.